The number of anilines is 1. The summed E-state index contributed by atoms with van der Waals surface area (Å²) in [5.41, 5.74) is 2.41. The molecule has 3 heterocycles. The van der Waals surface area contributed by atoms with Gasteiger partial charge < -0.3 is 14.1 Å². The third-order valence-electron chi connectivity index (χ3n) is 6.51. The average molecular weight is 559 g/mol. The molecule has 0 spiro atoms. The summed E-state index contributed by atoms with van der Waals surface area (Å²) in [5.74, 6) is 0.136. The van der Waals surface area contributed by atoms with Crippen molar-refractivity contribution >= 4 is 34.8 Å². The summed E-state index contributed by atoms with van der Waals surface area (Å²) in [6.45, 7) is 3.65. The molecule has 0 aliphatic carbocycles. The number of hydrogen-bond acceptors (Lipinski definition) is 9. The van der Waals surface area contributed by atoms with Crippen molar-refractivity contribution in [1.82, 2.24) is 4.57 Å². The quantitative estimate of drug-likeness (QED) is 0.191. The first kappa shape index (κ1) is 26.8. The molecule has 0 unspecified atom stereocenters. The van der Waals surface area contributed by atoms with E-state index in [1.54, 1.807) is 50.3 Å². The van der Waals surface area contributed by atoms with Gasteiger partial charge in [0.15, 0.2) is 4.80 Å². The van der Waals surface area contributed by atoms with Crippen LogP contribution in [-0.2, 0) is 9.53 Å². The van der Waals surface area contributed by atoms with Crippen molar-refractivity contribution in [1.29, 1.82) is 0 Å². The van der Waals surface area contributed by atoms with Crippen LogP contribution in [0.15, 0.2) is 86.1 Å². The van der Waals surface area contributed by atoms with E-state index in [2.05, 4.69) is 4.99 Å². The van der Waals surface area contributed by atoms with Crippen LogP contribution in [-0.4, -0.2) is 36.2 Å². The Hall–Kier alpha value is -4.77. The highest BCUT2D eigenvalue weighted by Gasteiger charge is 2.33. The molecule has 204 valence electrons. The third kappa shape index (κ3) is 4.87. The molecule has 0 saturated heterocycles. The van der Waals surface area contributed by atoms with Crippen molar-refractivity contribution in [2.24, 2.45) is 4.99 Å². The Morgan fingerprint density at radius 3 is 2.58 bits per heavy atom. The minimum absolute atomic E-state index is 0.0787. The number of allylic oxidation sites excluding steroid dienone is 1. The zero-order valence-electron chi connectivity index (χ0n) is 22.3. The third-order valence-corrected chi connectivity index (χ3v) is 7.49. The summed E-state index contributed by atoms with van der Waals surface area (Å²) >= 11 is 1.17. The Balaban J connectivity index is 1.63. The predicted octanol–water partition coefficient (Wildman–Crippen LogP) is 4.03. The molecule has 0 radical (unpaired) electrons. The average Bonchev–Trinajstić information content (AvgIpc) is 3.52. The number of nitrogens with zero attached hydrogens (tertiary/aromatic N) is 4. The van der Waals surface area contributed by atoms with Crippen LogP contribution in [0.2, 0.25) is 0 Å². The highest BCUT2D eigenvalue weighted by Crippen LogP contribution is 2.32. The molecule has 40 heavy (non-hydrogen) atoms. The first-order chi connectivity index (χ1) is 19.2. The van der Waals surface area contributed by atoms with Crippen LogP contribution in [0.3, 0.4) is 0 Å². The number of nitro benzene ring substituents is 1. The van der Waals surface area contributed by atoms with Gasteiger partial charge in [-0.25, -0.2) is 9.79 Å². The second-order valence-electron chi connectivity index (χ2n) is 9.26. The number of rotatable bonds is 7. The van der Waals surface area contributed by atoms with Crippen molar-refractivity contribution in [2.75, 3.05) is 25.6 Å². The fourth-order valence-corrected chi connectivity index (χ4v) is 5.63. The van der Waals surface area contributed by atoms with Crippen LogP contribution >= 0.6 is 11.3 Å². The van der Waals surface area contributed by atoms with E-state index in [1.165, 1.54) is 22.0 Å². The monoisotopic (exact) mass is 558 g/mol. The smallest absolute Gasteiger partial charge is 0.338 e. The van der Waals surface area contributed by atoms with Crippen molar-refractivity contribution < 1.29 is 18.9 Å². The van der Waals surface area contributed by atoms with Crippen molar-refractivity contribution in [2.45, 2.75) is 19.9 Å². The van der Waals surface area contributed by atoms with E-state index in [0.717, 1.165) is 11.3 Å². The lowest BCUT2D eigenvalue weighted by Gasteiger charge is -2.25. The van der Waals surface area contributed by atoms with Gasteiger partial charge >= 0.3 is 5.97 Å². The topological polar surface area (TPSA) is 120 Å². The molecule has 0 N–H and O–H groups in total. The number of para-hydroxylation sites is 1. The number of aromatic nitrogens is 1. The number of carbonyl (C=O) groups excluding carboxylic acids is 1. The second kappa shape index (κ2) is 10.8. The first-order valence-corrected chi connectivity index (χ1v) is 13.3. The van der Waals surface area contributed by atoms with Crippen LogP contribution in [0.5, 0.6) is 0 Å². The molecule has 1 aliphatic heterocycles. The number of nitro groups is 1. The maximum atomic E-state index is 13.8. The molecule has 0 bridgehead atoms. The lowest BCUT2D eigenvalue weighted by molar-refractivity contribution is -0.384. The van der Waals surface area contributed by atoms with E-state index in [-0.39, 0.29) is 17.9 Å². The molecule has 1 atom stereocenters. The molecule has 0 amide bonds. The first-order valence-electron chi connectivity index (χ1n) is 12.5. The van der Waals surface area contributed by atoms with E-state index >= 15 is 0 Å². The number of esters is 1. The van der Waals surface area contributed by atoms with E-state index < -0.39 is 16.9 Å². The van der Waals surface area contributed by atoms with Gasteiger partial charge in [0.2, 0.25) is 0 Å². The van der Waals surface area contributed by atoms with Crippen LogP contribution in [0.4, 0.5) is 11.4 Å². The van der Waals surface area contributed by atoms with Crippen LogP contribution in [0, 0.1) is 10.1 Å². The molecule has 0 fully saturated rings. The number of ether oxygens (including phenoxy) is 1. The SMILES string of the molecule is CCOC(=O)C1=C(C)N=c2s/c(=C\c3ccc(-c4ccccc4[N+](=O)[O-])o3)c(=O)n2[C@H]1c1ccc(N(C)C)cc1. The minimum atomic E-state index is -0.729. The number of thiazole rings is 1. The number of carbonyl (C=O) groups is 1. The van der Waals surface area contributed by atoms with Gasteiger partial charge in [0.05, 0.1) is 38.9 Å². The number of furan rings is 1. The van der Waals surface area contributed by atoms with Gasteiger partial charge in [-0.1, -0.05) is 35.6 Å². The van der Waals surface area contributed by atoms with Gasteiger partial charge in [-0.15, -0.1) is 0 Å². The lowest BCUT2D eigenvalue weighted by atomic mass is 9.95. The number of fused-ring (bicyclic) bond motifs is 1. The molecular formula is C29H26N4O6S. The molecule has 1 aliphatic rings. The van der Waals surface area contributed by atoms with E-state index in [9.17, 15) is 19.7 Å². The van der Waals surface area contributed by atoms with E-state index in [1.807, 2.05) is 43.3 Å². The highest BCUT2D eigenvalue weighted by atomic mass is 32.1. The zero-order chi connectivity index (χ0) is 28.6. The molecule has 2 aromatic heterocycles. The van der Waals surface area contributed by atoms with Gasteiger partial charge in [0, 0.05) is 31.9 Å². The summed E-state index contributed by atoms with van der Waals surface area (Å²) in [4.78, 5) is 44.8. The highest BCUT2D eigenvalue weighted by molar-refractivity contribution is 7.07. The maximum absolute atomic E-state index is 13.8. The van der Waals surface area contributed by atoms with Crippen LogP contribution < -0.4 is 19.8 Å². The lowest BCUT2D eigenvalue weighted by Crippen LogP contribution is -2.39. The predicted molar refractivity (Wildman–Crippen MR) is 152 cm³/mol. The van der Waals surface area contributed by atoms with Gasteiger partial charge in [0.25, 0.3) is 11.2 Å². The Morgan fingerprint density at radius 2 is 1.90 bits per heavy atom. The number of hydrogen-bond donors (Lipinski definition) is 0. The standard InChI is InChI=1S/C29H26N4O6S/c1-5-38-28(35)25-17(2)30-29-32(26(25)18-10-12-19(13-11-18)31(3)4)27(34)24(40-29)16-20-14-15-23(39-20)21-8-6-7-9-22(21)33(36)37/h6-16,26H,5H2,1-4H3/b24-16-/t26-/m0/s1. The summed E-state index contributed by atoms with van der Waals surface area (Å²) in [5, 5.41) is 11.5. The summed E-state index contributed by atoms with van der Waals surface area (Å²) in [6.07, 6.45) is 1.58. The van der Waals surface area contributed by atoms with Crippen molar-refractivity contribution in [3.05, 3.63) is 113 Å². The summed E-state index contributed by atoms with van der Waals surface area (Å²) < 4.78 is 13.1. The molecule has 5 rings (SSSR count). The number of benzene rings is 2. The molecule has 4 aromatic rings. The fraction of sp³-hybridized carbons (Fsp3) is 0.207. The molecule has 2 aromatic carbocycles. The van der Waals surface area contributed by atoms with E-state index in [0.29, 0.717) is 37.7 Å². The van der Waals surface area contributed by atoms with Gasteiger partial charge in [-0.05, 0) is 49.7 Å². The Bertz CT molecular complexity index is 1830. The molecular weight excluding hydrogens is 532 g/mol. The zero-order valence-corrected chi connectivity index (χ0v) is 23.1. The summed E-state index contributed by atoms with van der Waals surface area (Å²) in [6, 6.07) is 16.5. The molecule has 11 heteroatoms. The molecule has 10 nitrogen and oxygen atoms in total. The Morgan fingerprint density at radius 1 is 1.18 bits per heavy atom. The molecule has 0 saturated carbocycles. The van der Waals surface area contributed by atoms with E-state index in [4.69, 9.17) is 9.15 Å². The van der Waals surface area contributed by atoms with Crippen LogP contribution in [0.1, 0.15) is 31.2 Å². The second-order valence-corrected chi connectivity index (χ2v) is 10.3. The fourth-order valence-electron chi connectivity index (χ4n) is 4.61. The largest absolute Gasteiger partial charge is 0.463 e. The van der Waals surface area contributed by atoms with Gasteiger partial charge in [-0.2, -0.15) is 0 Å². The van der Waals surface area contributed by atoms with Crippen molar-refractivity contribution in [3.8, 4) is 11.3 Å². The Labute approximate surface area is 232 Å². The summed E-state index contributed by atoms with van der Waals surface area (Å²) in [7, 11) is 3.87. The maximum Gasteiger partial charge on any atom is 0.338 e. The van der Waals surface area contributed by atoms with Crippen molar-refractivity contribution in [3.63, 3.8) is 0 Å². The van der Waals surface area contributed by atoms with Crippen LogP contribution in [0.25, 0.3) is 17.4 Å². The minimum Gasteiger partial charge on any atom is -0.463 e. The normalized spacial score (nSPS) is 15.0. The van der Waals surface area contributed by atoms with Gasteiger partial charge in [-0.3, -0.25) is 19.5 Å². The van der Waals surface area contributed by atoms with Gasteiger partial charge in [0.1, 0.15) is 11.5 Å². The Kier molecular flexibility index (Phi) is 7.22.